The molecule has 1 amide bonds. The van der Waals surface area contributed by atoms with Gasteiger partial charge in [0.05, 0.1) is 5.56 Å². The summed E-state index contributed by atoms with van der Waals surface area (Å²) in [5.74, 6) is 1.21. The fraction of sp³-hybridized carbons (Fsp3) is 0.211. The molecule has 8 heteroatoms. The van der Waals surface area contributed by atoms with Gasteiger partial charge in [-0.2, -0.15) is 5.10 Å². The summed E-state index contributed by atoms with van der Waals surface area (Å²) in [4.78, 5) is 22.8. The van der Waals surface area contributed by atoms with Crippen LogP contribution < -0.4 is 5.32 Å². The minimum absolute atomic E-state index is 0.0222. The number of rotatable bonds is 5. The van der Waals surface area contributed by atoms with E-state index in [4.69, 9.17) is 5.41 Å². The number of amides is 1. The summed E-state index contributed by atoms with van der Waals surface area (Å²) >= 11 is 0. The van der Waals surface area contributed by atoms with Crippen LogP contribution in [0, 0.1) is 5.41 Å². The molecule has 4 rings (SSSR count). The van der Waals surface area contributed by atoms with Gasteiger partial charge in [0.2, 0.25) is 0 Å². The van der Waals surface area contributed by atoms with Crippen molar-refractivity contribution in [2.75, 3.05) is 18.4 Å². The van der Waals surface area contributed by atoms with Crippen molar-refractivity contribution in [2.24, 2.45) is 0 Å². The number of anilines is 2. The van der Waals surface area contributed by atoms with E-state index in [0.29, 0.717) is 22.8 Å². The number of hydrogen-bond acceptors (Lipinski definition) is 6. The topological polar surface area (TPSA) is 111 Å². The number of pyridine rings is 1. The average Bonchev–Trinajstić information content (AvgIpc) is 3.42. The Hall–Kier alpha value is -3.55. The van der Waals surface area contributed by atoms with Crippen LogP contribution in [0.3, 0.4) is 0 Å². The van der Waals surface area contributed by atoms with Crippen molar-refractivity contribution >= 4 is 23.6 Å². The second-order valence-corrected chi connectivity index (χ2v) is 6.34. The summed E-state index contributed by atoms with van der Waals surface area (Å²) in [5, 5.41) is 17.5. The SMILES string of the molecule is N=Cc1cc(C(=O)N2CCCC2)cnc1Nc1ccc(-c2ncn[nH]2)cc1. The van der Waals surface area contributed by atoms with E-state index in [1.165, 1.54) is 12.5 Å². The molecular weight excluding hydrogens is 342 g/mol. The maximum Gasteiger partial charge on any atom is 0.255 e. The van der Waals surface area contributed by atoms with Crippen molar-refractivity contribution < 1.29 is 4.79 Å². The Bertz CT molecular complexity index is 945. The highest BCUT2D eigenvalue weighted by molar-refractivity contribution is 5.97. The predicted octanol–water partition coefficient (Wildman–Crippen LogP) is 2.84. The molecule has 8 nitrogen and oxygen atoms in total. The lowest BCUT2D eigenvalue weighted by Gasteiger charge is -2.16. The van der Waals surface area contributed by atoms with E-state index >= 15 is 0 Å². The van der Waals surface area contributed by atoms with Gasteiger partial charge in [0.15, 0.2) is 5.82 Å². The molecule has 3 N–H and O–H groups in total. The molecule has 1 aromatic carbocycles. The van der Waals surface area contributed by atoms with E-state index in [2.05, 4.69) is 25.5 Å². The molecule has 0 atom stereocenters. The minimum Gasteiger partial charge on any atom is -0.340 e. The lowest BCUT2D eigenvalue weighted by Crippen LogP contribution is -2.27. The number of carbonyl (C=O) groups excluding carboxylic acids is 1. The van der Waals surface area contributed by atoms with Crippen LogP contribution in [0.4, 0.5) is 11.5 Å². The molecule has 136 valence electrons. The normalized spacial score (nSPS) is 13.6. The van der Waals surface area contributed by atoms with Crippen molar-refractivity contribution in [3.8, 4) is 11.4 Å². The second-order valence-electron chi connectivity index (χ2n) is 6.34. The number of benzene rings is 1. The van der Waals surface area contributed by atoms with Gasteiger partial charge in [-0.3, -0.25) is 9.89 Å². The van der Waals surface area contributed by atoms with Gasteiger partial charge in [0.25, 0.3) is 5.91 Å². The van der Waals surface area contributed by atoms with Crippen molar-refractivity contribution in [3.63, 3.8) is 0 Å². The van der Waals surface area contributed by atoms with Crippen LogP contribution in [-0.4, -0.2) is 50.3 Å². The molecule has 1 aliphatic rings. The number of nitrogens with one attached hydrogen (secondary N) is 3. The summed E-state index contributed by atoms with van der Waals surface area (Å²) in [7, 11) is 0. The van der Waals surface area contributed by atoms with Crippen LogP contribution in [-0.2, 0) is 0 Å². The van der Waals surface area contributed by atoms with E-state index in [0.717, 1.165) is 37.2 Å². The van der Waals surface area contributed by atoms with Gasteiger partial charge in [0.1, 0.15) is 12.1 Å². The number of aromatic nitrogens is 4. The molecule has 0 bridgehead atoms. The van der Waals surface area contributed by atoms with E-state index < -0.39 is 0 Å². The van der Waals surface area contributed by atoms with E-state index in [1.54, 1.807) is 12.3 Å². The number of likely N-dealkylation sites (tertiary alicyclic amines) is 1. The van der Waals surface area contributed by atoms with Gasteiger partial charge < -0.3 is 15.6 Å². The highest BCUT2D eigenvalue weighted by atomic mass is 16.2. The highest BCUT2D eigenvalue weighted by Gasteiger charge is 2.20. The Balaban J connectivity index is 1.53. The third-order valence-electron chi connectivity index (χ3n) is 4.55. The van der Waals surface area contributed by atoms with Gasteiger partial charge in [-0.15, -0.1) is 0 Å². The van der Waals surface area contributed by atoms with Crippen LogP contribution in [0.1, 0.15) is 28.8 Å². The second kappa shape index (κ2) is 7.36. The average molecular weight is 361 g/mol. The summed E-state index contributed by atoms with van der Waals surface area (Å²) in [6, 6.07) is 9.34. The fourth-order valence-corrected chi connectivity index (χ4v) is 3.11. The third-order valence-corrected chi connectivity index (χ3v) is 4.55. The Kier molecular flexibility index (Phi) is 4.61. The molecule has 0 aliphatic carbocycles. The highest BCUT2D eigenvalue weighted by Crippen LogP contribution is 2.22. The van der Waals surface area contributed by atoms with Gasteiger partial charge in [-0.05, 0) is 43.2 Å². The van der Waals surface area contributed by atoms with E-state index in [-0.39, 0.29) is 5.91 Å². The molecule has 1 saturated heterocycles. The van der Waals surface area contributed by atoms with Crippen molar-refractivity contribution in [2.45, 2.75) is 12.8 Å². The summed E-state index contributed by atoms with van der Waals surface area (Å²) < 4.78 is 0. The zero-order valence-electron chi connectivity index (χ0n) is 14.6. The molecule has 0 unspecified atom stereocenters. The molecular formula is C19H19N7O. The summed E-state index contributed by atoms with van der Waals surface area (Å²) in [5.41, 5.74) is 2.83. The largest absolute Gasteiger partial charge is 0.340 e. The minimum atomic E-state index is -0.0222. The van der Waals surface area contributed by atoms with Crippen LogP contribution >= 0.6 is 0 Å². The first-order chi connectivity index (χ1) is 13.2. The van der Waals surface area contributed by atoms with Gasteiger partial charge >= 0.3 is 0 Å². The number of nitrogens with zero attached hydrogens (tertiary/aromatic N) is 4. The van der Waals surface area contributed by atoms with Crippen LogP contribution in [0.25, 0.3) is 11.4 Å². The zero-order valence-corrected chi connectivity index (χ0v) is 14.6. The lowest BCUT2D eigenvalue weighted by atomic mass is 10.1. The molecule has 2 aromatic heterocycles. The molecule has 1 aliphatic heterocycles. The molecule has 0 saturated carbocycles. The van der Waals surface area contributed by atoms with Crippen molar-refractivity contribution in [1.29, 1.82) is 5.41 Å². The summed E-state index contributed by atoms with van der Waals surface area (Å²) in [6.07, 6.45) is 6.32. The van der Waals surface area contributed by atoms with Crippen LogP contribution in [0.2, 0.25) is 0 Å². The maximum atomic E-state index is 12.5. The first-order valence-corrected chi connectivity index (χ1v) is 8.77. The van der Waals surface area contributed by atoms with Gasteiger partial charge in [0, 0.05) is 42.3 Å². The van der Waals surface area contributed by atoms with E-state index in [1.807, 2.05) is 29.2 Å². The quantitative estimate of drug-likeness (QED) is 0.605. The standard InChI is InChI=1S/C19H19N7O/c20-10-14-9-15(19(27)26-7-1-2-8-26)11-21-17(14)24-16-5-3-13(4-6-16)18-22-12-23-25-18/h3-6,9-12,20H,1-2,7-8H2,(H,21,24)(H,22,23,25). The Morgan fingerprint density at radius 3 is 2.63 bits per heavy atom. The maximum absolute atomic E-state index is 12.5. The Labute approximate surface area is 156 Å². The smallest absolute Gasteiger partial charge is 0.255 e. The number of hydrogen-bond donors (Lipinski definition) is 3. The molecule has 27 heavy (non-hydrogen) atoms. The number of carbonyl (C=O) groups is 1. The first kappa shape index (κ1) is 16.9. The van der Waals surface area contributed by atoms with E-state index in [9.17, 15) is 4.79 Å². The van der Waals surface area contributed by atoms with Crippen molar-refractivity contribution in [1.82, 2.24) is 25.1 Å². The first-order valence-electron chi connectivity index (χ1n) is 8.77. The molecule has 3 aromatic rings. The summed E-state index contributed by atoms with van der Waals surface area (Å²) in [6.45, 7) is 1.58. The molecule has 0 radical (unpaired) electrons. The van der Waals surface area contributed by atoms with Crippen LogP contribution in [0.15, 0.2) is 42.9 Å². The third kappa shape index (κ3) is 3.55. The molecule has 0 spiro atoms. The predicted molar refractivity (Wildman–Crippen MR) is 102 cm³/mol. The van der Waals surface area contributed by atoms with Gasteiger partial charge in [-0.1, -0.05) is 0 Å². The fourth-order valence-electron chi connectivity index (χ4n) is 3.11. The Morgan fingerprint density at radius 2 is 1.96 bits per heavy atom. The monoisotopic (exact) mass is 361 g/mol. The molecule has 1 fully saturated rings. The number of H-pyrrole nitrogens is 1. The van der Waals surface area contributed by atoms with Gasteiger partial charge in [-0.25, -0.2) is 9.97 Å². The van der Waals surface area contributed by atoms with Crippen LogP contribution in [0.5, 0.6) is 0 Å². The molecule has 3 heterocycles. The Morgan fingerprint density at radius 1 is 1.19 bits per heavy atom. The zero-order chi connectivity index (χ0) is 18.6. The lowest BCUT2D eigenvalue weighted by molar-refractivity contribution is 0.0792. The number of aromatic amines is 1. The van der Waals surface area contributed by atoms with Crippen molar-refractivity contribution in [3.05, 3.63) is 54.0 Å².